The molecule has 1 fully saturated rings. The van der Waals surface area contributed by atoms with Crippen LogP contribution in [-0.2, 0) is 16.1 Å². The zero-order valence-electron chi connectivity index (χ0n) is 9.96. The average molecular weight is 238 g/mol. The summed E-state index contributed by atoms with van der Waals surface area (Å²) in [5, 5.41) is 0. The Morgan fingerprint density at radius 3 is 3.00 bits per heavy atom. The topological polar surface area (TPSA) is 68.7 Å². The van der Waals surface area contributed by atoms with Gasteiger partial charge in [0.1, 0.15) is 11.9 Å². The van der Waals surface area contributed by atoms with Gasteiger partial charge in [0.2, 0.25) is 0 Å². The van der Waals surface area contributed by atoms with E-state index in [1.54, 1.807) is 18.2 Å². The van der Waals surface area contributed by atoms with E-state index >= 15 is 0 Å². The Hall–Kier alpha value is -1.33. The standard InChI is InChI=1S/C12H18N2O3/c1-14(8-10-3-2-6-16-10)12(15)11-5-4-9(7-13)17-11/h2-3,6,9,11H,4-5,7-8,13H2,1H3. The SMILES string of the molecule is CN(Cc1ccco1)C(=O)C1CCC(CN)O1. The largest absolute Gasteiger partial charge is 0.467 e. The van der Waals surface area contributed by atoms with E-state index in [0.717, 1.165) is 18.6 Å². The third-order valence-corrected chi connectivity index (χ3v) is 3.00. The molecule has 1 aliphatic heterocycles. The number of carbonyl (C=O) groups is 1. The average Bonchev–Trinajstić information content (AvgIpc) is 2.98. The molecule has 17 heavy (non-hydrogen) atoms. The van der Waals surface area contributed by atoms with E-state index in [1.165, 1.54) is 0 Å². The molecule has 2 rings (SSSR count). The van der Waals surface area contributed by atoms with Gasteiger partial charge in [-0.1, -0.05) is 0 Å². The maximum absolute atomic E-state index is 12.1. The van der Waals surface area contributed by atoms with E-state index in [4.69, 9.17) is 14.9 Å². The molecule has 5 nitrogen and oxygen atoms in total. The van der Waals surface area contributed by atoms with E-state index in [0.29, 0.717) is 13.1 Å². The Morgan fingerprint density at radius 1 is 1.59 bits per heavy atom. The third kappa shape index (κ3) is 2.87. The fraction of sp³-hybridized carbons (Fsp3) is 0.583. The van der Waals surface area contributed by atoms with Crippen molar-refractivity contribution in [3.8, 4) is 0 Å². The third-order valence-electron chi connectivity index (χ3n) is 3.00. The number of hydrogen-bond donors (Lipinski definition) is 1. The van der Waals surface area contributed by atoms with Crippen molar-refractivity contribution in [1.82, 2.24) is 4.90 Å². The van der Waals surface area contributed by atoms with E-state index in [1.807, 2.05) is 12.1 Å². The number of nitrogens with two attached hydrogens (primary N) is 1. The van der Waals surface area contributed by atoms with E-state index in [9.17, 15) is 4.79 Å². The summed E-state index contributed by atoms with van der Waals surface area (Å²) in [6.45, 7) is 0.949. The highest BCUT2D eigenvalue weighted by molar-refractivity contribution is 5.80. The van der Waals surface area contributed by atoms with Crippen LogP contribution < -0.4 is 5.73 Å². The van der Waals surface area contributed by atoms with Crippen LogP contribution >= 0.6 is 0 Å². The lowest BCUT2D eigenvalue weighted by molar-refractivity contribution is -0.142. The molecule has 2 unspecified atom stereocenters. The minimum Gasteiger partial charge on any atom is -0.467 e. The second kappa shape index (κ2) is 5.33. The van der Waals surface area contributed by atoms with Crippen molar-refractivity contribution in [3.05, 3.63) is 24.2 Å². The number of hydrogen-bond acceptors (Lipinski definition) is 4. The summed E-state index contributed by atoms with van der Waals surface area (Å²) in [6, 6.07) is 3.66. The maximum Gasteiger partial charge on any atom is 0.251 e. The van der Waals surface area contributed by atoms with Crippen LogP contribution in [-0.4, -0.2) is 36.6 Å². The first kappa shape index (κ1) is 12.1. The van der Waals surface area contributed by atoms with Gasteiger partial charge in [0.25, 0.3) is 5.91 Å². The molecule has 0 radical (unpaired) electrons. The van der Waals surface area contributed by atoms with Crippen molar-refractivity contribution in [3.63, 3.8) is 0 Å². The molecule has 1 aromatic rings. The maximum atomic E-state index is 12.1. The summed E-state index contributed by atoms with van der Waals surface area (Å²) < 4.78 is 10.8. The Morgan fingerprint density at radius 2 is 2.41 bits per heavy atom. The van der Waals surface area contributed by atoms with Crippen molar-refractivity contribution in [2.24, 2.45) is 5.73 Å². The molecule has 0 aliphatic carbocycles. The molecule has 1 aromatic heterocycles. The number of amides is 1. The van der Waals surface area contributed by atoms with E-state index in [-0.39, 0.29) is 18.1 Å². The highest BCUT2D eigenvalue weighted by Crippen LogP contribution is 2.21. The summed E-state index contributed by atoms with van der Waals surface area (Å²) in [5.41, 5.74) is 5.52. The number of ether oxygens (including phenoxy) is 1. The van der Waals surface area contributed by atoms with Crippen LogP contribution in [0.2, 0.25) is 0 Å². The van der Waals surface area contributed by atoms with Gasteiger partial charge >= 0.3 is 0 Å². The minimum atomic E-state index is -0.344. The fourth-order valence-corrected chi connectivity index (χ4v) is 2.02. The number of nitrogens with zero attached hydrogens (tertiary/aromatic N) is 1. The summed E-state index contributed by atoms with van der Waals surface area (Å²) in [5.74, 6) is 0.770. The van der Waals surface area contributed by atoms with Gasteiger partial charge in [-0.05, 0) is 25.0 Å². The quantitative estimate of drug-likeness (QED) is 0.840. The Kier molecular flexibility index (Phi) is 3.81. The predicted octanol–water partition coefficient (Wildman–Crippen LogP) is 0.744. The first-order chi connectivity index (χ1) is 8.20. The van der Waals surface area contributed by atoms with Gasteiger partial charge in [0.05, 0.1) is 18.9 Å². The smallest absolute Gasteiger partial charge is 0.251 e. The predicted molar refractivity (Wildman–Crippen MR) is 62.1 cm³/mol. The zero-order chi connectivity index (χ0) is 12.3. The van der Waals surface area contributed by atoms with Crippen molar-refractivity contribution in [2.45, 2.75) is 31.6 Å². The van der Waals surface area contributed by atoms with Crippen molar-refractivity contribution < 1.29 is 13.9 Å². The van der Waals surface area contributed by atoms with Gasteiger partial charge in [-0.25, -0.2) is 0 Å². The second-order valence-corrected chi connectivity index (χ2v) is 4.33. The van der Waals surface area contributed by atoms with Crippen molar-refractivity contribution >= 4 is 5.91 Å². The summed E-state index contributed by atoms with van der Waals surface area (Å²) in [6.07, 6.45) is 2.90. The molecule has 1 amide bonds. The Bertz CT molecular complexity index is 364. The summed E-state index contributed by atoms with van der Waals surface area (Å²) >= 11 is 0. The second-order valence-electron chi connectivity index (χ2n) is 4.33. The van der Waals surface area contributed by atoms with Gasteiger partial charge in [-0.15, -0.1) is 0 Å². The molecule has 0 bridgehead atoms. The van der Waals surface area contributed by atoms with Crippen LogP contribution in [0, 0.1) is 0 Å². The van der Waals surface area contributed by atoms with Crippen LogP contribution in [0.25, 0.3) is 0 Å². The van der Waals surface area contributed by atoms with Gasteiger partial charge in [-0.2, -0.15) is 0 Å². The normalized spacial score (nSPS) is 23.9. The molecule has 5 heteroatoms. The fourth-order valence-electron chi connectivity index (χ4n) is 2.02. The van der Waals surface area contributed by atoms with Crippen LogP contribution in [0.5, 0.6) is 0 Å². The molecule has 0 saturated carbocycles. The molecule has 0 spiro atoms. The first-order valence-electron chi connectivity index (χ1n) is 5.83. The lowest BCUT2D eigenvalue weighted by Gasteiger charge is -2.20. The van der Waals surface area contributed by atoms with Crippen LogP contribution in [0.1, 0.15) is 18.6 Å². The lowest BCUT2D eigenvalue weighted by Crippen LogP contribution is -2.36. The molecule has 1 aliphatic rings. The molecule has 94 valence electrons. The monoisotopic (exact) mass is 238 g/mol. The molecular formula is C12H18N2O3. The highest BCUT2D eigenvalue weighted by atomic mass is 16.5. The van der Waals surface area contributed by atoms with Gasteiger partial charge < -0.3 is 19.8 Å². The van der Waals surface area contributed by atoms with Gasteiger partial charge in [0, 0.05) is 13.6 Å². The van der Waals surface area contributed by atoms with E-state index < -0.39 is 0 Å². The molecule has 0 aromatic carbocycles. The van der Waals surface area contributed by atoms with Gasteiger partial charge in [-0.3, -0.25) is 4.79 Å². The lowest BCUT2D eigenvalue weighted by atomic mass is 10.2. The minimum absolute atomic E-state index is 0.00245. The molecule has 1 saturated heterocycles. The Balaban J connectivity index is 1.87. The highest BCUT2D eigenvalue weighted by Gasteiger charge is 2.31. The number of likely N-dealkylation sites (N-methyl/N-ethyl adjacent to an activating group) is 1. The van der Waals surface area contributed by atoms with Crippen molar-refractivity contribution in [1.29, 1.82) is 0 Å². The number of carbonyl (C=O) groups excluding carboxylic acids is 1. The zero-order valence-corrected chi connectivity index (χ0v) is 9.96. The number of rotatable bonds is 4. The van der Waals surface area contributed by atoms with Crippen LogP contribution in [0.15, 0.2) is 22.8 Å². The molecule has 2 atom stereocenters. The molecule has 2 heterocycles. The van der Waals surface area contributed by atoms with Crippen LogP contribution in [0.3, 0.4) is 0 Å². The van der Waals surface area contributed by atoms with Crippen molar-refractivity contribution in [2.75, 3.05) is 13.6 Å². The van der Waals surface area contributed by atoms with E-state index in [2.05, 4.69) is 0 Å². The summed E-state index contributed by atoms with van der Waals surface area (Å²) in [4.78, 5) is 13.7. The number of furan rings is 1. The molecular weight excluding hydrogens is 220 g/mol. The van der Waals surface area contributed by atoms with Gasteiger partial charge in [0.15, 0.2) is 0 Å². The Labute approximate surface area is 101 Å². The first-order valence-corrected chi connectivity index (χ1v) is 5.83. The summed E-state index contributed by atoms with van der Waals surface area (Å²) in [7, 11) is 1.75. The molecule has 2 N–H and O–H groups in total. The van der Waals surface area contributed by atoms with Crippen LogP contribution in [0.4, 0.5) is 0 Å².